The zero-order chi connectivity index (χ0) is 35.7. The van der Waals surface area contributed by atoms with E-state index >= 15 is 0 Å². The molecule has 0 amide bonds. The molecule has 12 rings (SSSR count). The monoisotopic (exact) mass is 690 g/mol. The molecule has 0 aliphatic heterocycles. The Labute approximate surface area is 312 Å². The van der Waals surface area contributed by atoms with Crippen molar-refractivity contribution in [3.05, 3.63) is 181 Å². The minimum Gasteiger partial charge on any atom is -0.456 e. The third-order valence-corrected chi connectivity index (χ3v) is 12.1. The Morgan fingerprint density at radius 1 is 0.481 bits per heavy atom. The molecule has 0 atom stereocenters. The molecule has 0 radical (unpaired) electrons. The second kappa shape index (κ2) is 10.6. The predicted molar refractivity (Wildman–Crippen MR) is 226 cm³/mol. The van der Waals surface area contributed by atoms with Crippen LogP contribution < -0.4 is 4.90 Å². The third kappa shape index (κ3) is 3.85. The molecule has 254 valence electrons. The van der Waals surface area contributed by atoms with Crippen molar-refractivity contribution in [1.82, 2.24) is 4.40 Å². The smallest absolute Gasteiger partial charge is 0.135 e. The molecule has 11 aromatic rings. The third-order valence-electron chi connectivity index (χ3n) is 12.1. The summed E-state index contributed by atoms with van der Waals surface area (Å²) in [7, 11) is 0. The van der Waals surface area contributed by atoms with E-state index in [1.165, 1.54) is 71.5 Å². The van der Waals surface area contributed by atoms with Gasteiger partial charge in [-0.15, -0.1) is 0 Å². The summed E-state index contributed by atoms with van der Waals surface area (Å²) in [5.74, 6) is 0. The zero-order valence-corrected chi connectivity index (χ0v) is 30.0. The SMILES string of the molecule is CC1(C)c2ccccc2-c2c(-c3ccc(N(c4ccc5oc6ccccc6c5c4)c4ccc5c6ccccc6n6c7ccccc7c4c56)cc3)cccc21. The number of para-hydroxylation sites is 3. The van der Waals surface area contributed by atoms with Crippen LogP contribution in [-0.2, 0) is 5.41 Å². The van der Waals surface area contributed by atoms with Crippen molar-refractivity contribution in [2.45, 2.75) is 19.3 Å². The van der Waals surface area contributed by atoms with Crippen LogP contribution in [0.1, 0.15) is 25.0 Å². The molecule has 54 heavy (non-hydrogen) atoms. The normalized spacial score (nSPS) is 13.5. The summed E-state index contributed by atoms with van der Waals surface area (Å²) in [5, 5.41) is 7.27. The van der Waals surface area contributed by atoms with E-state index < -0.39 is 0 Å². The van der Waals surface area contributed by atoms with Crippen molar-refractivity contribution in [2.75, 3.05) is 4.90 Å². The van der Waals surface area contributed by atoms with Gasteiger partial charge < -0.3 is 13.7 Å². The van der Waals surface area contributed by atoms with Gasteiger partial charge in [0.05, 0.1) is 22.2 Å². The second-order valence-electron chi connectivity index (χ2n) is 15.3. The van der Waals surface area contributed by atoms with Crippen LogP contribution in [0.25, 0.3) is 82.3 Å². The summed E-state index contributed by atoms with van der Waals surface area (Å²) in [6, 6.07) is 62.2. The van der Waals surface area contributed by atoms with E-state index in [2.05, 4.69) is 187 Å². The van der Waals surface area contributed by atoms with Crippen LogP contribution in [0.5, 0.6) is 0 Å². The first-order chi connectivity index (χ1) is 26.6. The molecular formula is C51H34N2O. The molecule has 0 fully saturated rings. The van der Waals surface area contributed by atoms with Gasteiger partial charge in [-0.25, -0.2) is 0 Å². The molecule has 1 aliphatic carbocycles. The standard InChI is InChI=1S/C51H34N2O/c1-51(2)41-17-7-3-14-38(41)48-34(16-11-18-42(48)51)31-22-24-32(25-23-31)52(33-26-29-47-40(30-33)36-13-6-10-21-46(36)54-47)45-28-27-37-35-12-4-8-19-43(35)53-44-20-9-5-15-39(44)49(45)50(37)53/h3-30H,1-2H3. The van der Waals surface area contributed by atoms with Crippen molar-refractivity contribution < 1.29 is 4.42 Å². The first kappa shape index (κ1) is 29.7. The lowest BCUT2D eigenvalue weighted by Gasteiger charge is -2.27. The molecule has 0 spiro atoms. The van der Waals surface area contributed by atoms with Gasteiger partial charge in [0.1, 0.15) is 11.2 Å². The number of aromatic nitrogens is 1. The fourth-order valence-corrected chi connectivity index (χ4v) is 9.69. The minimum atomic E-state index is -0.0470. The van der Waals surface area contributed by atoms with Crippen LogP contribution in [0, 0.1) is 0 Å². The van der Waals surface area contributed by atoms with Gasteiger partial charge in [-0.1, -0.05) is 129 Å². The highest BCUT2D eigenvalue weighted by Gasteiger charge is 2.36. The minimum absolute atomic E-state index is 0.0470. The molecule has 3 heteroatoms. The van der Waals surface area contributed by atoms with E-state index in [4.69, 9.17) is 4.42 Å². The Bertz CT molecular complexity index is 3310. The van der Waals surface area contributed by atoms with Crippen LogP contribution in [0.3, 0.4) is 0 Å². The van der Waals surface area contributed by atoms with Crippen molar-refractivity contribution in [1.29, 1.82) is 0 Å². The topological polar surface area (TPSA) is 20.8 Å². The molecule has 0 saturated carbocycles. The lowest BCUT2D eigenvalue weighted by molar-refractivity contribution is 0.660. The Hall–Kier alpha value is -6.84. The molecule has 0 saturated heterocycles. The molecule has 0 bridgehead atoms. The maximum absolute atomic E-state index is 6.31. The molecule has 3 aromatic heterocycles. The number of fused-ring (bicyclic) bond motifs is 12. The highest BCUT2D eigenvalue weighted by Crippen LogP contribution is 2.53. The number of rotatable bonds is 4. The average molecular weight is 691 g/mol. The summed E-state index contributed by atoms with van der Waals surface area (Å²) < 4.78 is 8.77. The Morgan fingerprint density at radius 2 is 1.13 bits per heavy atom. The van der Waals surface area contributed by atoms with E-state index in [0.29, 0.717) is 0 Å². The molecule has 3 nitrogen and oxygen atoms in total. The fourth-order valence-electron chi connectivity index (χ4n) is 9.69. The van der Waals surface area contributed by atoms with Crippen LogP contribution in [0.2, 0.25) is 0 Å². The van der Waals surface area contributed by atoms with Crippen LogP contribution in [0.4, 0.5) is 17.1 Å². The number of anilines is 3. The first-order valence-electron chi connectivity index (χ1n) is 18.8. The molecule has 1 aliphatic rings. The van der Waals surface area contributed by atoms with Crippen LogP contribution >= 0.6 is 0 Å². The molecule has 3 heterocycles. The summed E-state index contributed by atoms with van der Waals surface area (Å²) in [6.45, 7) is 4.70. The van der Waals surface area contributed by atoms with E-state index in [0.717, 1.165) is 39.0 Å². The maximum atomic E-state index is 6.31. The zero-order valence-electron chi connectivity index (χ0n) is 30.0. The lowest BCUT2D eigenvalue weighted by atomic mass is 9.82. The number of hydrogen-bond donors (Lipinski definition) is 0. The van der Waals surface area contributed by atoms with Crippen molar-refractivity contribution in [2.24, 2.45) is 0 Å². The van der Waals surface area contributed by atoms with Gasteiger partial charge in [0, 0.05) is 49.1 Å². The summed E-state index contributed by atoms with van der Waals surface area (Å²) in [6.07, 6.45) is 0. The van der Waals surface area contributed by atoms with Gasteiger partial charge in [-0.05, 0) is 88.0 Å². The summed E-state index contributed by atoms with van der Waals surface area (Å²) in [4.78, 5) is 2.44. The Morgan fingerprint density at radius 3 is 1.98 bits per heavy atom. The van der Waals surface area contributed by atoms with E-state index in [1.807, 2.05) is 6.07 Å². The molecule has 8 aromatic carbocycles. The van der Waals surface area contributed by atoms with Crippen molar-refractivity contribution in [3.8, 4) is 22.3 Å². The van der Waals surface area contributed by atoms with Gasteiger partial charge in [-0.2, -0.15) is 0 Å². The molecule has 0 N–H and O–H groups in total. The average Bonchev–Trinajstić information content (AvgIpc) is 3.93. The van der Waals surface area contributed by atoms with Crippen LogP contribution in [0.15, 0.2) is 174 Å². The Balaban J connectivity index is 1.11. The Kier molecular flexibility index (Phi) is 5.84. The second-order valence-corrected chi connectivity index (χ2v) is 15.3. The summed E-state index contributed by atoms with van der Waals surface area (Å²) >= 11 is 0. The number of hydrogen-bond acceptors (Lipinski definition) is 2. The highest BCUT2D eigenvalue weighted by atomic mass is 16.3. The maximum Gasteiger partial charge on any atom is 0.135 e. The number of nitrogens with zero attached hydrogens (tertiary/aromatic N) is 2. The predicted octanol–water partition coefficient (Wildman–Crippen LogP) is 14.2. The van der Waals surface area contributed by atoms with E-state index in [-0.39, 0.29) is 5.41 Å². The quantitative estimate of drug-likeness (QED) is 0.183. The van der Waals surface area contributed by atoms with Gasteiger partial charge in [0.15, 0.2) is 0 Å². The largest absolute Gasteiger partial charge is 0.456 e. The summed E-state index contributed by atoms with van der Waals surface area (Å²) in [5.41, 5.74) is 16.7. The fraction of sp³-hybridized carbons (Fsp3) is 0.0588. The van der Waals surface area contributed by atoms with E-state index in [1.54, 1.807) is 0 Å². The van der Waals surface area contributed by atoms with Crippen molar-refractivity contribution >= 4 is 77.1 Å². The van der Waals surface area contributed by atoms with Gasteiger partial charge in [0.25, 0.3) is 0 Å². The first-order valence-corrected chi connectivity index (χ1v) is 18.8. The van der Waals surface area contributed by atoms with Gasteiger partial charge in [-0.3, -0.25) is 0 Å². The van der Waals surface area contributed by atoms with Gasteiger partial charge >= 0.3 is 0 Å². The number of furan rings is 1. The van der Waals surface area contributed by atoms with Crippen molar-refractivity contribution in [3.63, 3.8) is 0 Å². The van der Waals surface area contributed by atoms with Gasteiger partial charge in [0.2, 0.25) is 0 Å². The number of benzene rings is 8. The highest BCUT2D eigenvalue weighted by molar-refractivity contribution is 6.27. The lowest BCUT2D eigenvalue weighted by Crippen LogP contribution is -2.14. The van der Waals surface area contributed by atoms with E-state index in [9.17, 15) is 0 Å². The molecule has 0 unspecified atom stereocenters. The van der Waals surface area contributed by atoms with Crippen LogP contribution in [-0.4, -0.2) is 4.40 Å². The molecular weight excluding hydrogens is 657 g/mol.